The van der Waals surface area contributed by atoms with Crippen LogP contribution in [0.5, 0.6) is 0 Å². The number of benzene rings is 1. The maximum Gasteiger partial charge on any atom is 0.338 e. The summed E-state index contributed by atoms with van der Waals surface area (Å²) in [6.07, 6.45) is -1.19. The van der Waals surface area contributed by atoms with Gasteiger partial charge in [-0.2, -0.15) is 0 Å². The van der Waals surface area contributed by atoms with Crippen LogP contribution < -0.4 is 4.90 Å². The summed E-state index contributed by atoms with van der Waals surface area (Å²) in [5, 5.41) is 35.8. The Kier molecular flexibility index (Phi) is 7.12. The van der Waals surface area contributed by atoms with Crippen LogP contribution in [0.25, 0.3) is 0 Å². The average molecular weight is 609 g/mol. The van der Waals surface area contributed by atoms with Gasteiger partial charge >= 0.3 is 5.97 Å². The van der Waals surface area contributed by atoms with Gasteiger partial charge in [0.15, 0.2) is 5.78 Å². The van der Waals surface area contributed by atoms with Crippen molar-refractivity contribution >= 4 is 40.6 Å². The number of alkyl halides is 2. The third-order valence-corrected chi connectivity index (χ3v) is 11.6. The molecular formula is C31H39Cl2NO7. The fourth-order valence-corrected chi connectivity index (χ4v) is 10.0. The van der Waals surface area contributed by atoms with Crippen LogP contribution in [-0.4, -0.2) is 82.6 Å². The number of esters is 1. The number of ketones is 1. The monoisotopic (exact) mass is 607 g/mol. The molecule has 4 bridgehead atoms. The van der Waals surface area contributed by atoms with Crippen molar-refractivity contribution in [1.29, 1.82) is 0 Å². The minimum absolute atomic E-state index is 0.0237. The second kappa shape index (κ2) is 9.93. The summed E-state index contributed by atoms with van der Waals surface area (Å²) in [5.74, 6) is -4.09. The largest absolute Gasteiger partial charge is 0.457 e. The molecule has 2 aliphatic heterocycles. The Bertz CT molecular complexity index is 1250. The molecule has 1 aromatic rings. The topological polar surface area (TPSA) is 117 Å². The molecule has 6 aliphatic rings. The van der Waals surface area contributed by atoms with Crippen LogP contribution in [-0.2, 0) is 14.3 Å². The maximum atomic E-state index is 14.2. The molecule has 224 valence electrons. The van der Waals surface area contributed by atoms with E-state index in [0.717, 1.165) is 5.69 Å². The second-order valence-corrected chi connectivity index (χ2v) is 14.0. The number of Topliss-reactive ketones (excluding diaryl/α,β-unsaturated/α-hetero) is 1. The molecule has 7 rings (SSSR count). The molecule has 4 saturated carbocycles. The highest BCUT2D eigenvalue weighted by atomic mass is 35.5. The van der Waals surface area contributed by atoms with Crippen molar-refractivity contribution in [2.75, 3.05) is 36.4 Å². The predicted molar refractivity (Wildman–Crippen MR) is 154 cm³/mol. The summed E-state index contributed by atoms with van der Waals surface area (Å²) in [7, 11) is 0. The van der Waals surface area contributed by atoms with Gasteiger partial charge < -0.3 is 29.7 Å². The number of halogens is 2. The summed E-state index contributed by atoms with van der Waals surface area (Å²) in [6, 6.07) is 6.89. The molecule has 0 unspecified atom stereocenters. The van der Waals surface area contributed by atoms with E-state index in [4.69, 9.17) is 32.7 Å². The van der Waals surface area contributed by atoms with E-state index in [1.807, 2.05) is 18.7 Å². The van der Waals surface area contributed by atoms with Gasteiger partial charge in [-0.15, -0.1) is 23.2 Å². The van der Waals surface area contributed by atoms with E-state index in [2.05, 4.69) is 6.58 Å². The number of carbonyl (C=O) groups is 2. The van der Waals surface area contributed by atoms with Gasteiger partial charge in [0.2, 0.25) is 5.79 Å². The van der Waals surface area contributed by atoms with Crippen LogP contribution in [0, 0.1) is 34.0 Å². The predicted octanol–water partition coefficient (Wildman–Crippen LogP) is 3.52. The summed E-state index contributed by atoms with van der Waals surface area (Å²) < 4.78 is 12.3. The van der Waals surface area contributed by atoms with E-state index in [9.17, 15) is 24.9 Å². The first-order valence-electron chi connectivity index (χ1n) is 14.6. The molecule has 0 radical (unpaired) electrons. The van der Waals surface area contributed by atoms with E-state index in [0.29, 0.717) is 50.5 Å². The highest BCUT2D eigenvalue weighted by Gasteiger charge is 2.87. The number of fused-ring (bicyclic) bond motifs is 2. The van der Waals surface area contributed by atoms with Crippen molar-refractivity contribution in [1.82, 2.24) is 0 Å². The molecule has 8 nitrogen and oxygen atoms in total. The van der Waals surface area contributed by atoms with Gasteiger partial charge in [-0.05, 0) is 66.9 Å². The standard InChI is InChI=1S/C31H39Cl2NO7/c1-17-20-8-9-21-29-16-40-31(39,25(37)23(29)28(2,3)11-10-22(29)35)30(21,24(17)36)26(20)41-27(38)18-4-6-19(7-5-18)34(14-12-32)15-13-33/h4-7,20-23,25-26,35,37,39H,1,8-16H2,2-3H3/t20-,21-,22-,23+,25-,26+,29+,30-,31-/m0/s1. The molecule has 2 heterocycles. The normalized spacial score (nSPS) is 42.0. The van der Waals surface area contributed by atoms with Crippen LogP contribution in [0.4, 0.5) is 5.69 Å². The molecule has 3 N–H and O–H groups in total. The first-order valence-corrected chi connectivity index (χ1v) is 15.6. The van der Waals surface area contributed by atoms with Gasteiger partial charge in [-0.3, -0.25) is 4.79 Å². The van der Waals surface area contributed by atoms with Crippen molar-refractivity contribution < 1.29 is 34.4 Å². The number of carbonyl (C=O) groups excluding carboxylic acids is 2. The summed E-state index contributed by atoms with van der Waals surface area (Å²) >= 11 is 11.9. The average Bonchev–Trinajstić information content (AvgIpc) is 3.06. The molecule has 41 heavy (non-hydrogen) atoms. The van der Waals surface area contributed by atoms with Gasteiger partial charge in [0.05, 0.1) is 18.3 Å². The van der Waals surface area contributed by atoms with Crippen LogP contribution >= 0.6 is 23.2 Å². The Labute approximate surface area is 250 Å². The van der Waals surface area contributed by atoms with Crippen LogP contribution in [0.2, 0.25) is 0 Å². The summed E-state index contributed by atoms with van der Waals surface area (Å²) in [4.78, 5) is 29.9. The highest BCUT2D eigenvalue weighted by Crippen LogP contribution is 2.76. The van der Waals surface area contributed by atoms with Crippen molar-refractivity contribution in [2.45, 2.75) is 63.6 Å². The Morgan fingerprint density at radius 1 is 1.12 bits per heavy atom. The molecule has 0 amide bonds. The lowest BCUT2D eigenvalue weighted by atomic mass is 9.35. The molecule has 6 fully saturated rings. The zero-order chi connectivity index (χ0) is 29.5. The lowest BCUT2D eigenvalue weighted by Gasteiger charge is -2.74. The molecule has 9 atom stereocenters. The van der Waals surface area contributed by atoms with Crippen molar-refractivity contribution in [2.24, 2.45) is 34.0 Å². The minimum atomic E-state index is -2.29. The lowest BCUT2D eigenvalue weighted by Crippen LogP contribution is -2.85. The molecule has 2 saturated heterocycles. The van der Waals surface area contributed by atoms with Gasteiger partial charge in [0.1, 0.15) is 17.6 Å². The fourth-order valence-electron chi connectivity index (χ4n) is 9.60. The number of nitrogens with zero attached hydrogens (tertiary/aromatic N) is 1. The Balaban J connectivity index is 1.39. The van der Waals surface area contributed by atoms with Gasteiger partial charge in [-0.1, -0.05) is 20.4 Å². The van der Waals surface area contributed by atoms with Crippen molar-refractivity contribution in [3.8, 4) is 0 Å². The van der Waals surface area contributed by atoms with E-state index in [-0.39, 0.29) is 17.7 Å². The molecule has 1 aromatic carbocycles. The first kappa shape index (κ1) is 29.4. The van der Waals surface area contributed by atoms with Crippen LogP contribution in [0.15, 0.2) is 36.4 Å². The maximum absolute atomic E-state index is 14.2. The highest BCUT2D eigenvalue weighted by molar-refractivity contribution is 6.18. The fraction of sp³-hybridized carbons (Fsp3) is 0.677. The zero-order valence-corrected chi connectivity index (χ0v) is 25.0. The van der Waals surface area contributed by atoms with E-state index >= 15 is 0 Å². The number of ether oxygens (including phenoxy) is 2. The Morgan fingerprint density at radius 3 is 2.41 bits per heavy atom. The molecule has 10 heteroatoms. The van der Waals surface area contributed by atoms with Crippen LogP contribution in [0.3, 0.4) is 0 Å². The second-order valence-electron chi connectivity index (χ2n) is 13.3. The lowest BCUT2D eigenvalue weighted by molar-refractivity contribution is -0.457. The Hall–Kier alpha value is -1.68. The van der Waals surface area contributed by atoms with E-state index in [1.54, 1.807) is 24.3 Å². The van der Waals surface area contributed by atoms with Gasteiger partial charge in [-0.25, -0.2) is 4.79 Å². The first-order chi connectivity index (χ1) is 19.4. The molecule has 0 aromatic heterocycles. The Morgan fingerprint density at radius 2 is 1.78 bits per heavy atom. The molecule has 2 spiro atoms. The van der Waals surface area contributed by atoms with Gasteiger partial charge in [0.25, 0.3) is 0 Å². The van der Waals surface area contributed by atoms with E-state index < -0.39 is 69.9 Å². The number of rotatable bonds is 7. The SMILES string of the molecule is C=C1C(=O)[C@]23[C@H](OC(=O)c4ccc(N(CCCl)CCCl)cc4)[C@H]1CC[C@H]2[C@@]12CO[C@@]3(O)[C@@H](O)[C@@H]1C(C)(C)CC[C@@H]2O. The van der Waals surface area contributed by atoms with Crippen molar-refractivity contribution in [3.63, 3.8) is 0 Å². The smallest absolute Gasteiger partial charge is 0.338 e. The van der Waals surface area contributed by atoms with Gasteiger partial charge in [0, 0.05) is 47.8 Å². The number of hydrogen-bond donors (Lipinski definition) is 3. The third kappa shape index (κ3) is 3.67. The number of aliphatic hydroxyl groups excluding tert-OH is 2. The number of hydrogen-bond acceptors (Lipinski definition) is 8. The third-order valence-electron chi connectivity index (χ3n) is 11.3. The summed E-state index contributed by atoms with van der Waals surface area (Å²) in [5.41, 5.74) is -1.74. The quantitative estimate of drug-likeness (QED) is 0.245. The number of anilines is 1. The molecular weight excluding hydrogens is 569 g/mol. The zero-order valence-electron chi connectivity index (χ0n) is 23.5. The summed E-state index contributed by atoms with van der Waals surface area (Å²) in [6.45, 7) is 9.37. The molecule has 4 aliphatic carbocycles. The van der Waals surface area contributed by atoms with E-state index in [1.165, 1.54) is 0 Å². The minimum Gasteiger partial charge on any atom is -0.457 e. The van der Waals surface area contributed by atoms with Crippen LogP contribution in [0.1, 0.15) is 49.9 Å². The van der Waals surface area contributed by atoms with Crippen molar-refractivity contribution in [3.05, 3.63) is 42.0 Å². The number of aliphatic hydroxyl groups is 3.